The third-order valence-electron chi connectivity index (χ3n) is 3.73. The maximum Gasteiger partial charge on any atom is 0.128 e. The Balaban J connectivity index is 2.17. The fraction of sp³-hybridized carbons (Fsp3) is 0.647. The molecule has 114 valence electrons. The Morgan fingerprint density at radius 2 is 1.65 bits per heavy atom. The van der Waals surface area contributed by atoms with Crippen LogP contribution in [0.15, 0.2) is 18.2 Å². The van der Waals surface area contributed by atoms with E-state index in [4.69, 9.17) is 17.3 Å². The first kappa shape index (κ1) is 17.5. The Kier molecular flexibility index (Phi) is 8.88. The smallest absolute Gasteiger partial charge is 0.128 e. The highest BCUT2D eigenvalue weighted by atomic mass is 35.5. The number of benzene rings is 1. The van der Waals surface area contributed by atoms with Crippen LogP contribution in [0, 0.1) is 5.82 Å². The van der Waals surface area contributed by atoms with Crippen LogP contribution in [0.1, 0.15) is 76.3 Å². The molecule has 0 amide bonds. The summed E-state index contributed by atoms with van der Waals surface area (Å²) in [6.45, 7) is 2.23. The molecule has 1 nitrogen and oxygen atoms in total. The maximum atomic E-state index is 13.6. The lowest BCUT2D eigenvalue weighted by Crippen LogP contribution is -2.12. The Hall–Kier alpha value is -0.600. The minimum Gasteiger partial charge on any atom is -0.324 e. The zero-order chi connectivity index (χ0) is 14.8. The van der Waals surface area contributed by atoms with E-state index in [0.717, 1.165) is 12.8 Å². The monoisotopic (exact) mass is 299 g/mol. The summed E-state index contributed by atoms with van der Waals surface area (Å²) in [7, 11) is 0. The van der Waals surface area contributed by atoms with Crippen molar-refractivity contribution in [1.29, 1.82) is 0 Å². The number of nitrogens with two attached hydrogens (primary N) is 1. The normalized spacial score (nSPS) is 12.6. The number of hydrogen-bond donors (Lipinski definition) is 1. The molecule has 0 aliphatic carbocycles. The molecule has 20 heavy (non-hydrogen) atoms. The molecular formula is C17H27ClFN. The van der Waals surface area contributed by atoms with Gasteiger partial charge in [-0.1, -0.05) is 69.9 Å². The van der Waals surface area contributed by atoms with Crippen LogP contribution in [0.2, 0.25) is 5.02 Å². The number of halogens is 2. The van der Waals surface area contributed by atoms with Crippen LogP contribution in [0.4, 0.5) is 4.39 Å². The molecule has 0 bridgehead atoms. The van der Waals surface area contributed by atoms with Gasteiger partial charge in [0.25, 0.3) is 0 Å². The molecule has 0 aliphatic rings. The van der Waals surface area contributed by atoms with Crippen molar-refractivity contribution < 1.29 is 4.39 Å². The van der Waals surface area contributed by atoms with E-state index in [0.29, 0.717) is 10.6 Å². The van der Waals surface area contributed by atoms with Crippen LogP contribution < -0.4 is 5.73 Å². The van der Waals surface area contributed by atoms with Gasteiger partial charge in [-0.25, -0.2) is 4.39 Å². The molecular weight excluding hydrogens is 273 g/mol. The molecule has 1 rings (SSSR count). The van der Waals surface area contributed by atoms with Gasteiger partial charge in [-0.3, -0.25) is 0 Å². The van der Waals surface area contributed by atoms with Crippen LogP contribution in [-0.4, -0.2) is 0 Å². The maximum absolute atomic E-state index is 13.6. The first-order valence-electron chi connectivity index (χ1n) is 7.85. The van der Waals surface area contributed by atoms with E-state index in [9.17, 15) is 4.39 Å². The largest absolute Gasteiger partial charge is 0.324 e. The van der Waals surface area contributed by atoms with Crippen molar-refractivity contribution in [2.24, 2.45) is 5.73 Å². The lowest BCUT2D eigenvalue weighted by atomic mass is 10.00. The summed E-state index contributed by atoms with van der Waals surface area (Å²) in [5.74, 6) is -0.249. The molecule has 0 heterocycles. The van der Waals surface area contributed by atoms with Gasteiger partial charge in [-0.15, -0.1) is 0 Å². The zero-order valence-corrected chi connectivity index (χ0v) is 13.3. The summed E-state index contributed by atoms with van der Waals surface area (Å²) >= 11 is 5.88. The Labute approximate surface area is 127 Å². The van der Waals surface area contributed by atoms with Gasteiger partial charge in [0.1, 0.15) is 5.82 Å². The molecule has 0 fully saturated rings. The summed E-state index contributed by atoms with van der Waals surface area (Å²) in [5.41, 5.74) is 6.59. The SMILES string of the molecule is CCCCCCCCCCC(N)c1cc(Cl)ccc1F. The van der Waals surface area contributed by atoms with E-state index in [1.807, 2.05) is 0 Å². The van der Waals surface area contributed by atoms with E-state index in [1.165, 1.54) is 51.0 Å². The number of hydrogen-bond acceptors (Lipinski definition) is 1. The lowest BCUT2D eigenvalue weighted by Gasteiger charge is -2.13. The van der Waals surface area contributed by atoms with Gasteiger partial charge in [-0.05, 0) is 24.6 Å². The second-order valence-corrected chi connectivity index (χ2v) is 5.97. The van der Waals surface area contributed by atoms with Gasteiger partial charge in [0.05, 0.1) is 0 Å². The van der Waals surface area contributed by atoms with Crippen molar-refractivity contribution in [3.63, 3.8) is 0 Å². The summed E-state index contributed by atoms with van der Waals surface area (Å²) in [6.07, 6.45) is 11.0. The highest BCUT2D eigenvalue weighted by Gasteiger charge is 2.11. The van der Waals surface area contributed by atoms with E-state index in [1.54, 1.807) is 12.1 Å². The molecule has 2 N–H and O–H groups in total. The zero-order valence-electron chi connectivity index (χ0n) is 12.5. The average molecular weight is 300 g/mol. The van der Waals surface area contributed by atoms with Gasteiger partial charge in [0, 0.05) is 16.6 Å². The van der Waals surface area contributed by atoms with Crippen molar-refractivity contribution in [1.82, 2.24) is 0 Å². The molecule has 1 unspecified atom stereocenters. The molecule has 0 aromatic heterocycles. The van der Waals surface area contributed by atoms with Crippen LogP contribution in [0.5, 0.6) is 0 Å². The molecule has 0 radical (unpaired) electrons. The molecule has 1 aromatic rings. The van der Waals surface area contributed by atoms with Crippen LogP contribution in [-0.2, 0) is 0 Å². The first-order chi connectivity index (χ1) is 9.65. The first-order valence-corrected chi connectivity index (χ1v) is 8.23. The summed E-state index contributed by atoms with van der Waals surface area (Å²) in [6, 6.07) is 4.36. The van der Waals surface area contributed by atoms with Gasteiger partial charge in [0.15, 0.2) is 0 Å². The number of unbranched alkanes of at least 4 members (excludes halogenated alkanes) is 7. The Bertz CT molecular complexity index is 381. The third kappa shape index (κ3) is 6.71. The minimum atomic E-state index is -0.249. The van der Waals surface area contributed by atoms with E-state index >= 15 is 0 Å². The fourth-order valence-corrected chi connectivity index (χ4v) is 2.63. The molecule has 0 aliphatic heterocycles. The topological polar surface area (TPSA) is 26.0 Å². The molecule has 1 aromatic carbocycles. The van der Waals surface area contributed by atoms with E-state index in [2.05, 4.69) is 6.92 Å². The molecule has 3 heteroatoms. The van der Waals surface area contributed by atoms with E-state index < -0.39 is 0 Å². The van der Waals surface area contributed by atoms with Gasteiger partial charge < -0.3 is 5.73 Å². The molecule has 1 atom stereocenters. The predicted molar refractivity (Wildman–Crippen MR) is 85.6 cm³/mol. The molecule has 0 spiro atoms. The van der Waals surface area contributed by atoms with Crippen molar-refractivity contribution in [3.05, 3.63) is 34.6 Å². The summed E-state index contributed by atoms with van der Waals surface area (Å²) in [5, 5.41) is 0.549. The van der Waals surface area contributed by atoms with Crippen LogP contribution >= 0.6 is 11.6 Å². The van der Waals surface area contributed by atoms with Crippen molar-refractivity contribution in [2.45, 2.75) is 70.8 Å². The highest BCUT2D eigenvalue weighted by molar-refractivity contribution is 6.30. The highest BCUT2D eigenvalue weighted by Crippen LogP contribution is 2.24. The summed E-state index contributed by atoms with van der Waals surface area (Å²) in [4.78, 5) is 0. The Morgan fingerprint density at radius 3 is 2.30 bits per heavy atom. The quantitative estimate of drug-likeness (QED) is 0.526. The van der Waals surface area contributed by atoms with Crippen molar-refractivity contribution in [2.75, 3.05) is 0 Å². The third-order valence-corrected chi connectivity index (χ3v) is 3.96. The van der Waals surface area contributed by atoms with Crippen LogP contribution in [0.3, 0.4) is 0 Å². The van der Waals surface area contributed by atoms with E-state index in [-0.39, 0.29) is 11.9 Å². The van der Waals surface area contributed by atoms with Gasteiger partial charge >= 0.3 is 0 Å². The standard InChI is InChI=1S/C17H27ClFN/c1-2-3-4-5-6-7-8-9-10-17(20)15-13-14(18)11-12-16(15)19/h11-13,17H,2-10,20H2,1H3. The van der Waals surface area contributed by atoms with Gasteiger partial charge in [0.2, 0.25) is 0 Å². The lowest BCUT2D eigenvalue weighted by molar-refractivity contribution is 0.518. The molecule has 0 saturated carbocycles. The number of rotatable bonds is 10. The average Bonchev–Trinajstić information content (AvgIpc) is 2.44. The second-order valence-electron chi connectivity index (χ2n) is 5.54. The second kappa shape index (κ2) is 10.2. The summed E-state index contributed by atoms with van der Waals surface area (Å²) < 4.78 is 13.6. The van der Waals surface area contributed by atoms with Crippen molar-refractivity contribution >= 4 is 11.6 Å². The molecule has 0 saturated heterocycles. The minimum absolute atomic E-state index is 0.242. The fourth-order valence-electron chi connectivity index (χ4n) is 2.45. The predicted octanol–water partition coefficient (Wildman–Crippen LogP) is 6.01. The Morgan fingerprint density at radius 1 is 1.05 bits per heavy atom. The van der Waals surface area contributed by atoms with Gasteiger partial charge in [-0.2, -0.15) is 0 Å². The van der Waals surface area contributed by atoms with Crippen LogP contribution in [0.25, 0.3) is 0 Å². The van der Waals surface area contributed by atoms with Crippen molar-refractivity contribution in [3.8, 4) is 0 Å².